The van der Waals surface area contributed by atoms with Gasteiger partial charge in [-0.1, -0.05) is 55.3 Å². The lowest BCUT2D eigenvalue weighted by atomic mass is 10.0. The van der Waals surface area contributed by atoms with Gasteiger partial charge in [0.05, 0.1) is 6.42 Å². The van der Waals surface area contributed by atoms with Gasteiger partial charge in [-0.05, 0) is 36.1 Å². The van der Waals surface area contributed by atoms with E-state index in [1.807, 2.05) is 24.3 Å². The number of hydrogen-bond acceptors (Lipinski definition) is 6. The first kappa shape index (κ1) is 19.0. The lowest BCUT2D eigenvalue weighted by Gasteiger charge is -2.30. The van der Waals surface area contributed by atoms with Crippen LogP contribution in [-0.2, 0) is 11.2 Å². The zero-order chi connectivity index (χ0) is 20.4. The zero-order valence-corrected chi connectivity index (χ0v) is 16.6. The van der Waals surface area contributed by atoms with Crippen LogP contribution >= 0.6 is 0 Å². The molecule has 1 aromatic heterocycles. The molecule has 0 saturated carbocycles. The predicted molar refractivity (Wildman–Crippen MR) is 107 cm³/mol. The monoisotopic (exact) mass is 393 g/mol. The SMILES string of the molecule is CC(C)c1ccc(Cc2nnc(NC(=O)C3Oc4ccccc4OC3C)o2)cc1. The van der Waals surface area contributed by atoms with E-state index in [1.165, 1.54) is 5.56 Å². The molecule has 0 saturated heterocycles. The molecule has 29 heavy (non-hydrogen) atoms. The van der Waals surface area contributed by atoms with Crippen molar-refractivity contribution in [2.45, 2.75) is 45.3 Å². The summed E-state index contributed by atoms with van der Waals surface area (Å²) >= 11 is 0. The van der Waals surface area contributed by atoms with Crippen LogP contribution in [0.2, 0.25) is 0 Å². The van der Waals surface area contributed by atoms with Crippen LogP contribution in [0, 0.1) is 0 Å². The Balaban J connectivity index is 1.39. The smallest absolute Gasteiger partial charge is 0.322 e. The number of hydrogen-bond donors (Lipinski definition) is 1. The van der Waals surface area contributed by atoms with E-state index >= 15 is 0 Å². The van der Waals surface area contributed by atoms with Gasteiger partial charge in [-0.3, -0.25) is 10.1 Å². The Labute approximate surface area is 169 Å². The fourth-order valence-corrected chi connectivity index (χ4v) is 3.15. The van der Waals surface area contributed by atoms with E-state index in [0.717, 1.165) is 5.56 Å². The number of carbonyl (C=O) groups is 1. The van der Waals surface area contributed by atoms with Crippen molar-refractivity contribution >= 4 is 11.9 Å². The first-order chi connectivity index (χ1) is 14.0. The molecule has 0 aliphatic carbocycles. The third kappa shape index (κ3) is 4.23. The maximum absolute atomic E-state index is 12.6. The van der Waals surface area contributed by atoms with Crippen molar-refractivity contribution in [3.05, 3.63) is 65.5 Å². The Hall–Kier alpha value is -3.35. The normalized spacial score (nSPS) is 17.9. The Bertz CT molecular complexity index is 997. The summed E-state index contributed by atoms with van der Waals surface area (Å²) in [5, 5.41) is 10.6. The highest BCUT2D eigenvalue weighted by atomic mass is 16.6. The topological polar surface area (TPSA) is 86.5 Å². The van der Waals surface area contributed by atoms with Crippen molar-refractivity contribution in [2.24, 2.45) is 0 Å². The second-order valence-electron chi connectivity index (χ2n) is 7.37. The molecular weight excluding hydrogens is 370 g/mol. The molecule has 7 nitrogen and oxygen atoms in total. The quantitative estimate of drug-likeness (QED) is 0.706. The van der Waals surface area contributed by atoms with E-state index < -0.39 is 18.1 Å². The highest BCUT2D eigenvalue weighted by Crippen LogP contribution is 2.33. The highest BCUT2D eigenvalue weighted by molar-refractivity contribution is 5.93. The number of nitrogens with zero attached hydrogens (tertiary/aromatic N) is 2. The van der Waals surface area contributed by atoms with Gasteiger partial charge in [0.25, 0.3) is 5.91 Å². The van der Waals surface area contributed by atoms with Gasteiger partial charge in [0, 0.05) is 0 Å². The van der Waals surface area contributed by atoms with Crippen molar-refractivity contribution in [1.82, 2.24) is 10.2 Å². The number of nitrogens with one attached hydrogen (secondary N) is 1. The van der Waals surface area contributed by atoms with Crippen molar-refractivity contribution in [2.75, 3.05) is 5.32 Å². The molecule has 4 rings (SSSR count). The number of para-hydroxylation sites is 2. The Morgan fingerprint density at radius 1 is 1.03 bits per heavy atom. The molecule has 1 aliphatic heterocycles. The van der Waals surface area contributed by atoms with Crippen LogP contribution in [0.15, 0.2) is 52.9 Å². The Morgan fingerprint density at radius 2 is 1.72 bits per heavy atom. The number of ether oxygens (including phenoxy) is 2. The van der Waals surface area contributed by atoms with E-state index in [9.17, 15) is 4.79 Å². The maximum Gasteiger partial charge on any atom is 0.322 e. The van der Waals surface area contributed by atoms with Crippen LogP contribution in [0.4, 0.5) is 6.01 Å². The molecule has 150 valence electrons. The number of amides is 1. The average Bonchev–Trinajstić information content (AvgIpc) is 3.14. The van der Waals surface area contributed by atoms with E-state index in [-0.39, 0.29) is 6.01 Å². The van der Waals surface area contributed by atoms with Crippen LogP contribution < -0.4 is 14.8 Å². The minimum absolute atomic E-state index is 0.0402. The number of carbonyl (C=O) groups excluding carboxylic acids is 1. The summed E-state index contributed by atoms with van der Waals surface area (Å²) in [7, 11) is 0. The van der Waals surface area contributed by atoms with Gasteiger partial charge in [-0.2, -0.15) is 0 Å². The van der Waals surface area contributed by atoms with Crippen LogP contribution in [0.5, 0.6) is 11.5 Å². The molecule has 1 amide bonds. The maximum atomic E-state index is 12.6. The first-order valence-corrected chi connectivity index (χ1v) is 9.64. The highest BCUT2D eigenvalue weighted by Gasteiger charge is 2.34. The fraction of sp³-hybridized carbons (Fsp3) is 0.318. The van der Waals surface area contributed by atoms with Gasteiger partial charge in [-0.25, -0.2) is 0 Å². The number of anilines is 1. The van der Waals surface area contributed by atoms with Crippen LogP contribution in [0.25, 0.3) is 0 Å². The number of aromatic nitrogens is 2. The van der Waals surface area contributed by atoms with Gasteiger partial charge in [0.1, 0.15) is 6.10 Å². The number of rotatable bonds is 5. The standard InChI is InChI=1S/C22H23N3O4/c1-13(2)16-10-8-15(9-11-16)12-19-24-25-22(29-19)23-21(26)20-14(3)27-17-6-4-5-7-18(17)28-20/h4-11,13-14,20H,12H2,1-3H3,(H,23,25,26). The van der Waals surface area contributed by atoms with Crippen molar-refractivity contribution in [3.8, 4) is 11.5 Å². The Kier molecular flexibility index (Phi) is 5.20. The summed E-state index contributed by atoms with van der Waals surface area (Å²) in [6.07, 6.45) is -0.774. The molecule has 1 N–H and O–H groups in total. The summed E-state index contributed by atoms with van der Waals surface area (Å²) in [5.74, 6) is 1.66. The van der Waals surface area contributed by atoms with Gasteiger partial charge < -0.3 is 13.9 Å². The van der Waals surface area contributed by atoms with Crippen LogP contribution in [0.3, 0.4) is 0 Å². The van der Waals surface area contributed by atoms with Crippen LogP contribution in [0.1, 0.15) is 43.7 Å². The zero-order valence-electron chi connectivity index (χ0n) is 16.6. The minimum atomic E-state index is -0.816. The molecule has 2 heterocycles. The van der Waals surface area contributed by atoms with E-state index in [4.69, 9.17) is 13.9 Å². The minimum Gasteiger partial charge on any atom is -0.482 e. The summed E-state index contributed by atoms with van der Waals surface area (Å²) in [6, 6.07) is 15.6. The molecule has 2 atom stereocenters. The van der Waals surface area contributed by atoms with E-state index in [1.54, 1.807) is 19.1 Å². The molecule has 3 aromatic rings. The van der Waals surface area contributed by atoms with E-state index in [2.05, 4.69) is 41.5 Å². The summed E-state index contributed by atoms with van der Waals surface area (Å²) in [6.45, 7) is 6.09. The Morgan fingerprint density at radius 3 is 2.41 bits per heavy atom. The lowest BCUT2D eigenvalue weighted by molar-refractivity contribution is -0.128. The van der Waals surface area contributed by atoms with Gasteiger partial charge in [0.15, 0.2) is 11.5 Å². The molecule has 2 unspecified atom stereocenters. The second-order valence-corrected chi connectivity index (χ2v) is 7.37. The summed E-state index contributed by atoms with van der Waals surface area (Å²) in [5.41, 5.74) is 2.34. The predicted octanol–water partition coefficient (Wildman–Crippen LogP) is 3.95. The third-order valence-corrected chi connectivity index (χ3v) is 4.80. The summed E-state index contributed by atoms with van der Waals surface area (Å²) < 4.78 is 17.1. The number of fused-ring (bicyclic) bond motifs is 1. The molecule has 1 aliphatic rings. The largest absolute Gasteiger partial charge is 0.482 e. The molecule has 0 spiro atoms. The molecule has 7 heteroatoms. The van der Waals surface area contributed by atoms with Crippen LogP contribution in [-0.4, -0.2) is 28.3 Å². The van der Waals surface area contributed by atoms with E-state index in [0.29, 0.717) is 29.7 Å². The van der Waals surface area contributed by atoms with Crippen molar-refractivity contribution in [3.63, 3.8) is 0 Å². The van der Waals surface area contributed by atoms with Gasteiger partial charge in [0.2, 0.25) is 12.0 Å². The lowest BCUT2D eigenvalue weighted by Crippen LogP contribution is -2.46. The first-order valence-electron chi connectivity index (χ1n) is 9.64. The third-order valence-electron chi connectivity index (χ3n) is 4.80. The molecule has 2 aromatic carbocycles. The van der Waals surface area contributed by atoms with Gasteiger partial charge >= 0.3 is 6.01 Å². The fourth-order valence-electron chi connectivity index (χ4n) is 3.15. The molecule has 0 bridgehead atoms. The van der Waals surface area contributed by atoms with Crippen molar-refractivity contribution in [1.29, 1.82) is 0 Å². The molecule has 0 fully saturated rings. The summed E-state index contributed by atoms with van der Waals surface area (Å²) in [4.78, 5) is 12.6. The number of benzene rings is 2. The average molecular weight is 393 g/mol. The van der Waals surface area contributed by atoms with Gasteiger partial charge in [-0.15, -0.1) is 5.10 Å². The van der Waals surface area contributed by atoms with Crippen molar-refractivity contribution < 1.29 is 18.7 Å². The second kappa shape index (κ2) is 7.95. The molecule has 0 radical (unpaired) electrons. The molecular formula is C22H23N3O4.